The van der Waals surface area contributed by atoms with Crippen molar-refractivity contribution in [3.05, 3.63) is 35.4 Å². The molecule has 0 radical (unpaired) electrons. The molecule has 1 aromatic carbocycles. The molecular formula is C16H21N3O2. The summed E-state index contributed by atoms with van der Waals surface area (Å²) in [5, 5.41) is 23.9. The predicted octanol–water partition coefficient (Wildman–Crippen LogP) is 1.91. The first kappa shape index (κ1) is 15.3. The Morgan fingerprint density at radius 2 is 2.05 bits per heavy atom. The first-order valence-corrected chi connectivity index (χ1v) is 7.36. The smallest absolute Gasteiger partial charge is 0.315 e. The van der Waals surface area contributed by atoms with Gasteiger partial charge in [0, 0.05) is 13.1 Å². The lowest BCUT2D eigenvalue weighted by Gasteiger charge is -2.25. The minimum atomic E-state index is -0.215. The average molecular weight is 287 g/mol. The number of nitriles is 1. The number of nitrogens with zero attached hydrogens (tertiary/aromatic N) is 1. The second-order valence-corrected chi connectivity index (χ2v) is 5.56. The maximum atomic E-state index is 11.7. The van der Waals surface area contributed by atoms with Crippen LogP contribution in [0.15, 0.2) is 24.3 Å². The SMILES string of the molecule is N#Cc1ccc(CNC(=O)NCC2CCCC(O)C2)cc1. The lowest BCUT2D eigenvalue weighted by molar-refractivity contribution is 0.101. The molecule has 1 aliphatic carbocycles. The van der Waals surface area contributed by atoms with Crippen LogP contribution in [0.1, 0.15) is 36.8 Å². The van der Waals surface area contributed by atoms with E-state index in [2.05, 4.69) is 16.7 Å². The molecule has 112 valence electrons. The molecule has 5 heteroatoms. The van der Waals surface area contributed by atoms with Crippen LogP contribution in [0.4, 0.5) is 4.79 Å². The first-order chi connectivity index (χ1) is 10.2. The van der Waals surface area contributed by atoms with Crippen LogP contribution in [-0.2, 0) is 6.54 Å². The van der Waals surface area contributed by atoms with E-state index in [4.69, 9.17) is 5.26 Å². The third-order valence-electron chi connectivity index (χ3n) is 3.84. The molecule has 21 heavy (non-hydrogen) atoms. The second kappa shape index (κ2) is 7.65. The van der Waals surface area contributed by atoms with Gasteiger partial charge in [0.15, 0.2) is 0 Å². The van der Waals surface area contributed by atoms with Gasteiger partial charge in [-0.05, 0) is 42.9 Å². The molecule has 1 saturated carbocycles. The minimum Gasteiger partial charge on any atom is -0.393 e. The Morgan fingerprint density at radius 1 is 1.29 bits per heavy atom. The van der Waals surface area contributed by atoms with E-state index in [9.17, 15) is 9.90 Å². The van der Waals surface area contributed by atoms with Gasteiger partial charge in [0.25, 0.3) is 0 Å². The van der Waals surface area contributed by atoms with Crippen molar-refractivity contribution in [2.75, 3.05) is 6.54 Å². The number of urea groups is 1. The Bertz CT molecular complexity index is 507. The summed E-state index contributed by atoms with van der Waals surface area (Å²) in [6, 6.07) is 8.99. The third-order valence-corrected chi connectivity index (χ3v) is 3.84. The summed E-state index contributed by atoms with van der Waals surface area (Å²) < 4.78 is 0. The van der Waals surface area contributed by atoms with E-state index in [1.54, 1.807) is 12.1 Å². The molecule has 2 amide bonds. The fraction of sp³-hybridized carbons (Fsp3) is 0.500. The Balaban J connectivity index is 1.68. The highest BCUT2D eigenvalue weighted by molar-refractivity contribution is 5.73. The van der Waals surface area contributed by atoms with E-state index in [0.29, 0.717) is 24.6 Å². The van der Waals surface area contributed by atoms with E-state index in [-0.39, 0.29) is 12.1 Å². The molecule has 1 aromatic rings. The number of aliphatic hydroxyl groups excluding tert-OH is 1. The Kier molecular flexibility index (Phi) is 5.59. The summed E-state index contributed by atoms with van der Waals surface area (Å²) >= 11 is 0. The van der Waals surface area contributed by atoms with Crippen LogP contribution in [0, 0.1) is 17.2 Å². The predicted molar refractivity (Wildman–Crippen MR) is 79.4 cm³/mol. The molecule has 2 unspecified atom stereocenters. The van der Waals surface area contributed by atoms with Crippen molar-refractivity contribution in [1.29, 1.82) is 5.26 Å². The van der Waals surface area contributed by atoms with Crippen molar-refractivity contribution in [3.8, 4) is 6.07 Å². The molecule has 0 aliphatic heterocycles. The van der Waals surface area contributed by atoms with E-state index in [1.165, 1.54) is 0 Å². The number of carbonyl (C=O) groups is 1. The zero-order valence-electron chi connectivity index (χ0n) is 12.0. The third kappa shape index (κ3) is 5.09. The van der Waals surface area contributed by atoms with Gasteiger partial charge in [-0.2, -0.15) is 5.26 Å². The number of hydrogen-bond donors (Lipinski definition) is 3. The summed E-state index contributed by atoms with van der Waals surface area (Å²) in [5.41, 5.74) is 1.57. The van der Waals surface area contributed by atoms with E-state index >= 15 is 0 Å². The molecule has 0 heterocycles. The van der Waals surface area contributed by atoms with Crippen molar-refractivity contribution < 1.29 is 9.90 Å². The molecule has 2 rings (SSSR count). The minimum absolute atomic E-state index is 0.195. The fourth-order valence-corrected chi connectivity index (χ4v) is 2.63. The van der Waals surface area contributed by atoms with E-state index in [0.717, 1.165) is 31.2 Å². The summed E-state index contributed by atoms with van der Waals surface area (Å²) in [7, 11) is 0. The number of benzene rings is 1. The molecular weight excluding hydrogens is 266 g/mol. The van der Waals surface area contributed by atoms with E-state index < -0.39 is 0 Å². The number of nitrogens with one attached hydrogen (secondary N) is 2. The molecule has 3 N–H and O–H groups in total. The van der Waals surface area contributed by atoms with Crippen LogP contribution in [0.5, 0.6) is 0 Å². The molecule has 0 aromatic heterocycles. The maximum absolute atomic E-state index is 11.7. The molecule has 5 nitrogen and oxygen atoms in total. The number of rotatable bonds is 4. The Morgan fingerprint density at radius 3 is 2.71 bits per heavy atom. The van der Waals surface area contributed by atoms with Gasteiger partial charge in [-0.1, -0.05) is 18.6 Å². The molecule has 0 spiro atoms. The Hall–Kier alpha value is -2.06. The molecule has 2 atom stereocenters. The lowest BCUT2D eigenvalue weighted by Crippen LogP contribution is -2.39. The van der Waals surface area contributed by atoms with Gasteiger partial charge in [-0.15, -0.1) is 0 Å². The second-order valence-electron chi connectivity index (χ2n) is 5.56. The Labute approximate surface area is 125 Å². The van der Waals surface area contributed by atoms with Gasteiger partial charge in [0.05, 0.1) is 17.7 Å². The maximum Gasteiger partial charge on any atom is 0.315 e. The normalized spacial score (nSPS) is 21.3. The van der Waals surface area contributed by atoms with Crippen LogP contribution < -0.4 is 10.6 Å². The van der Waals surface area contributed by atoms with E-state index in [1.807, 2.05) is 12.1 Å². The lowest BCUT2D eigenvalue weighted by atomic mass is 9.87. The highest BCUT2D eigenvalue weighted by atomic mass is 16.3. The molecule has 1 aliphatic rings. The van der Waals surface area contributed by atoms with Gasteiger partial charge < -0.3 is 15.7 Å². The first-order valence-electron chi connectivity index (χ1n) is 7.36. The highest BCUT2D eigenvalue weighted by Crippen LogP contribution is 2.23. The van der Waals surface area contributed by atoms with Crippen LogP contribution in [-0.4, -0.2) is 23.8 Å². The quantitative estimate of drug-likeness (QED) is 0.790. The van der Waals surface area contributed by atoms with Gasteiger partial charge in [-0.3, -0.25) is 0 Å². The zero-order chi connectivity index (χ0) is 15.1. The van der Waals surface area contributed by atoms with Gasteiger partial charge in [0.1, 0.15) is 0 Å². The van der Waals surface area contributed by atoms with Crippen molar-refractivity contribution in [1.82, 2.24) is 10.6 Å². The number of carbonyl (C=O) groups excluding carboxylic acids is 1. The molecule has 1 fully saturated rings. The standard InChI is InChI=1S/C16H21N3O2/c17-9-12-4-6-13(7-5-12)10-18-16(21)19-11-14-2-1-3-15(20)8-14/h4-7,14-15,20H,1-3,8,10-11H2,(H2,18,19,21). The van der Waals surface area contributed by atoms with Crippen molar-refractivity contribution >= 4 is 6.03 Å². The monoisotopic (exact) mass is 287 g/mol. The van der Waals surface area contributed by atoms with Crippen molar-refractivity contribution in [3.63, 3.8) is 0 Å². The summed E-state index contributed by atoms with van der Waals surface area (Å²) in [6.45, 7) is 1.04. The van der Waals surface area contributed by atoms with Gasteiger partial charge >= 0.3 is 6.03 Å². The van der Waals surface area contributed by atoms with Crippen LogP contribution in [0.25, 0.3) is 0 Å². The van der Waals surface area contributed by atoms with Crippen molar-refractivity contribution in [2.45, 2.75) is 38.3 Å². The number of aliphatic hydroxyl groups is 1. The topological polar surface area (TPSA) is 85.2 Å². The molecule has 0 saturated heterocycles. The van der Waals surface area contributed by atoms with Crippen molar-refractivity contribution in [2.24, 2.45) is 5.92 Å². The number of amides is 2. The molecule has 0 bridgehead atoms. The summed E-state index contributed by atoms with van der Waals surface area (Å²) in [5.74, 6) is 0.370. The zero-order valence-corrected chi connectivity index (χ0v) is 12.0. The fourth-order valence-electron chi connectivity index (χ4n) is 2.63. The average Bonchev–Trinajstić information content (AvgIpc) is 2.51. The van der Waals surface area contributed by atoms with Crippen LogP contribution >= 0.6 is 0 Å². The summed E-state index contributed by atoms with van der Waals surface area (Å²) in [4.78, 5) is 11.7. The van der Waals surface area contributed by atoms with Crippen LogP contribution in [0.2, 0.25) is 0 Å². The largest absolute Gasteiger partial charge is 0.393 e. The van der Waals surface area contributed by atoms with Crippen LogP contribution in [0.3, 0.4) is 0 Å². The van der Waals surface area contributed by atoms with Gasteiger partial charge in [0.2, 0.25) is 0 Å². The highest BCUT2D eigenvalue weighted by Gasteiger charge is 2.20. The number of hydrogen-bond acceptors (Lipinski definition) is 3. The summed E-state index contributed by atoms with van der Waals surface area (Å²) in [6.07, 6.45) is 3.53. The van der Waals surface area contributed by atoms with Gasteiger partial charge in [-0.25, -0.2) is 4.79 Å².